The normalized spacial score (nSPS) is 22.0. The van der Waals surface area contributed by atoms with E-state index in [1.165, 1.54) is 17.6 Å². The van der Waals surface area contributed by atoms with Gasteiger partial charge >= 0.3 is 6.03 Å². The smallest absolute Gasteiger partial charge is 0.318 e. The van der Waals surface area contributed by atoms with E-state index in [0.717, 1.165) is 15.4 Å². The summed E-state index contributed by atoms with van der Waals surface area (Å²) in [5, 5.41) is 9.50. The van der Waals surface area contributed by atoms with E-state index in [-0.39, 0.29) is 5.91 Å². The van der Waals surface area contributed by atoms with Crippen LogP contribution >= 0.6 is 11.3 Å². The van der Waals surface area contributed by atoms with Gasteiger partial charge in [-0.05, 0) is 23.9 Å². The quantitative estimate of drug-likeness (QED) is 0.699. The zero-order valence-electron chi connectivity index (χ0n) is 11.3. The van der Waals surface area contributed by atoms with Crippen molar-refractivity contribution >= 4 is 29.5 Å². The molecule has 21 heavy (non-hydrogen) atoms. The summed E-state index contributed by atoms with van der Waals surface area (Å²) in [6.45, 7) is 1.68. The first-order valence-electron chi connectivity index (χ1n) is 6.41. The molecule has 0 unspecified atom stereocenters. The summed E-state index contributed by atoms with van der Waals surface area (Å²) in [6.07, 6.45) is 1.51. The second-order valence-corrected chi connectivity index (χ2v) is 5.78. The number of carbonyl (C=O) groups is 2. The number of imide groups is 1. The Morgan fingerprint density at radius 2 is 1.95 bits per heavy atom. The highest BCUT2D eigenvalue weighted by atomic mass is 32.1. The zero-order chi connectivity index (χ0) is 14.9. The fourth-order valence-electron chi connectivity index (χ4n) is 2.18. The molecule has 1 aromatic heterocycles. The Morgan fingerprint density at radius 1 is 1.19 bits per heavy atom. The van der Waals surface area contributed by atoms with Crippen LogP contribution in [0.15, 0.2) is 52.9 Å². The largest absolute Gasteiger partial charge is 0.346 e. The summed E-state index contributed by atoms with van der Waals surface area (Å²) in [5.41, 5.74) is -0.345. The Morgan fingerprint density at radius 3 is 2.62 bits per heavy atom. The number of amides is 3. The van der Waals surface area contributed by atoms with Gasteiger partial charge in [-0.1, -0.05) is 36.4 Å². The van der Waals surface area contributed by atoms with Gasteiger partial charge in [0.05, 0.1) is 6.21 Å². The zero-order valence-corrected chi connectivity index (χ0v) is 12.1. The minimum Gasteiger partial charge on any atom is -0.318 e. The SMILES string of the molecule is C[C@]1(c2ccccc2)NC(=O)N(/N=C\c2cccs2)C1=O. The van der Waals surface area contributed by atoms with E-state index < -0.39 is 11.6 Å². The Balaban J connectivity index is 1.89. The Bertz CT molecular complexity index is 697. The maximum Gasteiger partial charge on any atom is 0.346 e. The van der Waals surface area contributed by atoms with Crippen LogP contribution < -0.4 is 5.32 Å². The third-order valence-electron chi connectivity index (χ3n) is 3.36. The van der Waals surface area contributed by atoms with Crippen LogP contribution in [0.3, 0.4) is 0 Å². The van der Waals surface area contributed by atoms with Crippen molar-refractivity contribution in [1.29, 1.82) is 0 Å². The van der Waals surface area contributed by atoms with E-state index >= 15 is 0 Å². The molecule has 3 rings (SSSR count). The minimum atomic E-state index is -1.08. The average molecular weight is 299 g/mol. The van der Waals surface area contributed by atoms with Gasteiger partial charge in [-0.15, -0.1) is 16.3 Å². The van der Waals surface area contributed by atoms with E-state index in [1.54, 1.807) is 6.92 Å². The third-order valence-corrected chi connectivity index (χ3v) is 4.17. The number of nitrogens with one attached hydrogen (secondary N) is 1. The molecule has 106 valence electrons. The monoisotopic (exact) mass is 299 g/mol. The van der Waals surface area contributed by atoms with Gasteiger partial charge in [0, 0.05) is 4.88 Å². The van der Waals surface area contributed by atoms with E-state index in [4.69, 9.17) is 0 Å². The first-order chi connectivity index (χ1) is 10.1. The second-order valence-electron chi connectivity index (χ2n) is 4.80. The van der Waals surface area contributed by atoms with Gasteiger partial charge in [-0.25, -0.2) is 4.79 Å². The minimum absolute atomic E-state index is 0.383. The summed E-state index contributed by atoms with van der Waals surface area (Å²) in [5.74, 6) is -0.383. The fourth-order valence-corrected chi connectivity index (χ4v) is 2.76. The Kier molecular flexibility index (Phi) is 3.31. The topological polar surface area (TPSA) is 61.8 Å². The molecule has 1 N–H and O–H groups in total. The molecule has 1 aliphatic heterocycles. The van der Waals surface area contributed by atoms with Gasteiger partial charge in [0.15, 0.2) is 0 Å². The van der Waals surface area contributed by atoms with Crippen LogP contribution in [-0.4, -0.2) is 23.2 Å². The molecule has 1 aliphatic rings. The number of benzene rings is 1. The van der Waals surface area contributed by atoms with Gasteiger partial charge in [-0.3, -0.25) is 4.79 Å². The predicted molar refractivity (Wildman–Crippen MR) is 81.1 cm³/mol. The lowest BCUT2D eigenvalue weighted by molar-refractivity contribution is -0.131. The highest BCUT2D eigenvalue weighted by molar-refractivity contribution is 7.11. The van der Waals surface area contributed by atoms with E-state index in [2.05, 4.69) is 10.4 Å². The van der Waals surface area contributed by atoms with Crippen molar-refractivity contribution < 1.29 is 9.59 Å². The number of nitrogens with zero attached hydrogens (tertiary/aromatic N) is 2. The van der Waals surface area contributed by atoms with Crippen LogP contribution in [0, 0.1) is 0 Å². The molecule has 1 fully saturated rings. The van der Waals surface area contributed by atoms with Crippen molar-refractivity contribution in [3.05, 3.63) is 58.3 Å². The van der Waals surface area contributed by atoms with E-state index in [0.29, 0.717) is 0 Å². The summed E-state index contributed by atoms with van der Waals surface area (Å²) >= 11 is 1.49. The molecule has 2 heterocycles. The first kappa shape index (κ1) is 13.5. The maximum absolute atomic E-state index is 12.5. The number of rotatable bonds is 3. The van der Waals surface area contributed by atoms with Crippen LogP contribution in [0.5, 0.6) is 0 Å². The van der Waals surface area contributed by atoms with E-state index in [9.17, 15) is 9.59 Å². The highest BCUT2D eigenvalue weighted by Crippen LogP contribution is 2.28. The number of carbonyl (C=O) groups excluding carboxylic acids is 2. The molecule has 6 heteroatoms. The molecule has 5 nitrogen and oxygen atoms in total. The molecule has 1 atom stereocenters. The molecule has 0 aliphatic carbocycles. The predicted octanol–water partition coefficient (Wildman–Crippen LogP) is 2.55. The van der Waals surface area contributed by atoms with Crippen LogP contribution in [0.4, 0.5) is 4.79 Å². The van der Waals surface area contributed by atoms with Crippen molar-refractivity contribution in [2.24, 2.45) is 5.10 Å². The summed E-state index contributed by atoms with van der Waals surface area (Å²) in [6, 6.07) is 12.4. The van der Waals surface area contributed by atoms with Gasteiger partial charge in [-0.2, -0.15) is 5.10 Å². The number of hydrogen-bond donors (Lipinski definition) is 1. The molecular weight excluding hydrogens is 286 g/mol. The maximum atomic E-state index is 12.5. The molecule has 1 aromatic carbocycles. The number of hydrazone groups is 1. The molecule has 1 saturated heterocycles. The molecular formula is C15H13N3O2S. The van der Waals surface area contributed by atoms with Crippen LogP contribution in [-0.2, 0) is 10.3 Å². The number of thiophene rings is 1. The second kappa shape index (κ2) is 5.14. The Hall–Kier alpha value is -2.47. The van der Waals surface area contributed by atoms with Crippen molar-refractivity contribution in [1.82, 2.24) is 10.3 Å². The van der Waals surface area contributed by atoms with Crippen LogP contribution in [0.1, 0.15) is 17.4 Å². The van der Waals surface area contributed by atoms with E-state index in [1.807, 2.05) is 47.8 Å². The standard InChI is InChI=1S/C15H13N3O2S/c1-15(11-6-3-2-4-7-11)13(19)18(14(20)17-15)16-10-12-8-5-9-21-12/h2-10H,1H3,(H,17,20)/b16-10-/t15-/m1/s1. The average Bonchev–Trinajstić information content (AvgIpc) is 3.07. The van der Waals surface area contributed by atoms with Crippen molar-refractivity contribution in [3.8, 4) is 0 Å². The van der Waals surface area contributed by atoms with Gasteiger partial charge in [0.1, 0.15) is 5.54 Å². The van der Waals surface area contributed by atoms with Gasteiger partial charge in [0.2, 0.25) is 0 Å². The Labute approximate surface area is 125 Å². The fraction of sp³-hybridized carbons (Fsp3) is 0.133. The summed E-state index contributed by atoms with van der Waals surface area (Å²) in [4.78, 5) is 25.4. The molecule has 0 bridgehead atoms. The van der Waals surface area contributed by atoms with Gasteiger partial charge in [0.25, 0.3) is 5.91 Å². The highest BCUT2D eigenvalue weighted by Gasteiger charge is 2.49. The van der Waals surface area contributed by atoms with Crippen LogP contribution in [0.25, 0.3) is 0 Å². The molecule has 0 spiro atoms. The molecule has 0 saturated carbocycles. The number of hydrogen-bond acceptors (Lipinski definition) is 4. The molecule has 3 amide bonds. The molecule has 0 radical (unpaired) electrons. The van der Waals surface area contributed by atoms with Crippen LogP contribution in [0.2, 0.25) is 0 Å². The third kappa shape index (κ3) is 2.34. The summed E-state index contributed by atoms with van der Waals surface area (Å²) < 4.78 is 0. The lowest BCUT2D eigenvalue weighted by Gasteiger charge is -2.20. The van der Waals surface area contributed by atoms with Gasteiger partial charge < -0.3 is 5.32 Å². The van der Waals surface area contributed by atoms with Crippen molar-refractivity contribution in [2.45, 2.75) is 12.5 Å². The van der Waals surface area contributed by atoms with Crippen molar-refractivity contribution in [2.75, 3.05) is 0 Å². The summed E-state index contributed by atoms with van der Waals surface area (Å²) in [7, 11) is 0. The van der Waals surface area contributed by atoms with Crippen molar-refractivity contribution in [3.63, 3.8) is 0 Å². The lowest BCUT2D eigenvalue weighted by Crippen LogP contribution is -2.40. The number of urea groups is 1. The lowest BCUT2D eigenvalue weighted by atomic mass is 9.92. The first-order valence-corrected chi connectivity index (χ1v) is 7.29. The molecule has 2 aromatic rings.